The van der Waals surface area contributed by atoms with Gasteiger partial charge in [-0.2, -0.15) is 0 Å². The van der Waals surface area contributed by atoms with E-state index in [0.29, 0.717) is 31.5 Å². The Hall–Kier alpha value is -1.70. The summed E-state index contributed by atoms with van der Waals surface area (Å²) < 4.78 is 53.7. The number of carbonyl (C=O) groups is 2. The van der Waals surface area contributed by atoms with E-state index < -0.39 is 66.2 Å². The molecule has 0 aromatic rings. The standard InChI is InChI=1S/C51H94O14P2/c1-4-6-31-37-48-49(65-48)38-33-28-24-20-17-18-21-25-29-34-39-50(53)60-43-47(44-63-67(58,59)62-42-46(52)41-61-66(55,56)57)64-51(54)40-35-30-26-22-16-14-12-10-8-7-9-11-13-15-19-23-27-32-36-45(3)5-2/h17,20-21,25,28,33,45-49,52H,4-16,18-19,22-24,26-27,29-32,34-44H2,1-3H3,(H,58,59)(H2,55,56,57)/b20-17-,25-21-,33-28-/t45?,46-,47+,48?,49?/m0/s1. The third-order valence-electron chi connectivity index (χ3n) is 12.0. The van der Waals surface area contributed by atoms with Crippen LogP contribution in [-0.2, 0) is 46.5 Å². The van der Waals surface area contributed by atoms with Gasteiger partial charge in [0.1, 0.15) is 12.7 Å². The fourth-order valence-corrected chi connectivity index (χ4v) is 8.69. The number of rotatable bonds is 48. The molecule has 0 aromatic carbocycles. The van der Waals surface area contributed by atoms with Gasteiger partial charge in [0.2, 0.25) is 0 Å². The molecule has 0 saturated carbocycles. The molecule has 1 saturated heterocycles. The molecule has 0 amide bonds. The molecule has 1 rings (SSSR count). The number of hydrogen-bond acceptors (Lipinski definition) is 11. The van der Waals surface area contributed by atoms with Crippen LogP contribution < -0.4 is 0 Å². The van der Waals surface area contributed by atoms with Crippen molar-refractivity contribution in [1.82, 2.24) is 0 Å². The number of carbonyl (C=O) groups excluding carboxylic acids is 2. The van der Waals surface area contributed by atoms with Crippen molar-refractivity contribution in [3.8, 4) is 0 Å². The minimum absolute atomic E-state index is 0.117. The second-order valence-electron chi connectivity index (χ2n) is 18.4. The normalized spacial score (nSPS) is 17.6. The highest BCUT2D eigenvalue weighted by molar-refractivity contribution is 7.47. The number of allylic oxidation sites excluding steroid dienone is 5. The molecule has 16 heteroatoms. The minimum atomic E-state index is -4.87. The van der Waals surface area contributed by atoms with E-state index in [-0.39, 0.29) is 12.8 Å². The van der Waals surface area contributed by atoms with Crippen LogP contribution in [0.4, 0.5) is 0 Å². The molecule has 1 fully saturated rings. The Kier molecular flexibility index (Phi) is 39.7. The van der Waals surface area contributed by atoms with E-state index in [9.17, 15) is 28.7 Å². The molecule has 1 aliphatic rings. The number of phosphoric ester groups is 2. The number of phosphoric acid groups is 2. The van der Waals surface area contributed by atoms with Gasteiger partial charge in [0, 0.05) is 12.8 Å². The average Bonchev–Trinajstić information content (AvgIpc) is 4.05. The van der Waals surface area contributed by atoms with Gasteiger partial charge in [0.15, 0.2) is 6.10 Å². The summed E-state index contributed by atoms with van der Waals surface area (Å²) in [6, 6.07) is 0. The zero-order chi connectivity index (χ0) is 49.3. The lowest BCUT2D eigenvalue weighted by Crippen LogP contribution is -2.30. The SMILES string of the molecule is CCCCCC1OC1C/C=C\C/C=C\C/C=C\CCCC(=O)OC[C@H](COP(=O)(O)OC[C@@H](O)COP(=O)(O)O)OC(=O)CCCCCCCCCCCCCCCCCCCCC(C)CC. The number of aliphatic hydroxyl groups is 1. The van der Waals surface area contributed by atoms with Gasteiger partial charge in [-0.15, -0.1) is 0 Å². The van der Waals surface area contributed by atoms with Crippen molar-refractivity contribution in [2.24, 2.45) is 5.92 Å². The number of epoxide rings is 1. The van der Waals surface area contributed by atoms with Gasteiger partial charge >= 0.3 is 27.6 Å². The van der Waals surface area contributed by atoms with Crippen molar-refractivity contribution in [3.05, 3.63) is 36.5 Å². The zero-order valence-corrected chi connectivity index (χ0v) is 43.7. The topological polar surface area (TPSA) is 208 Å². The van der Waals surface area contributed by atoms with E-state index >= 15 is 0 Å². The molecule has 0 radical (unpaired) electrons. The molecule has 67 heavy (non-hydrogen) atoms. The first kappa shape index (κ1) is 63.3. The van der Waals surface area contributed by atoms with Crippen LogP contribution in [0.15, 0.2) is 36.5 Å². The summed E-state index contributed by atoms with van der Waals surface area (Å²) in [4.78, 5) is 52.9. The lowest BCUT2D eigenvalue weighted by Gasteiger charge is -2.20. The molecule has 1 aliphatic heterocycles. The van der Waals surface area contributed by atoms with Crippen LogP contribution in [0.3, 0.4) is 0 Å². The second kappa shape index (κ2) is 42.0. The van der Waals surface area contributed by atoms with Crippen LogP contribution in [0.5, 0.6) is 0 Å². The highest BCUT2D eigenvalue weighted by Gasteiger charge is 2.36. The highest BCUT2D eigenvalue weighted by Crippen LogP contribution is 2.44. The van der Waals surface area contributed by atoms with Gasteiger partial charge in [-0.3, -0.25) is 23.2 Å². The Labute approximate surface area is 405 Å². The quantitative estimate of drug-likeness (QED) is 0.0147. The smallest absolute Gasteiger partial charge is 0.462 e. The number of esters is 2. The van der Waals surface area contributed by atoms with Crippen LogP contribution in [0.2, 0.25) is 0 Å². The van der Waals surface area contributed by atoms with Crippen LogP contribution >= 0.6 is 15.6 Å². The van der Waals surface area contributed by atoms with E-state index in [1.54, 1.807) is 0 Å². The number of aliphatic hydroxyl groups excluding tert-OH is 1. The van der Waals surface area contributed by atoms with E-state index in [2.05, 4.69) is 49.6 Å². The summed E-state index contributed by atoms with van der Waals surface area (Å²) >= 11 is 0. The monoisotopic (exact) mass is 993 g/mol. The van der Waals surface area contributed by atoms with Crippen molar-refractivity contribution in [1.29, 1.82) is 0 Å². The molecule has 0 bridgehead atoms. The summed E-state index contributed by atoms with van der Waals surface area (Å²) in [6.45, 7) is 4.09. The first-order chi connectivity index (χ1) is 32.2. The van der Waals surface area contributed by atoms with Crippen molar-refractivity contribution < 1.29 is 66.3 Å². The average molecular weight is 993 g/mol. The second-order valence-corrected chi connectivity index (χ2v) is 21.1. The third kappa shape index (κ3) is 42.9. The van der Waals surface area contributed by atoms with Gasteiger partial charge in [-0.25, -0.2) is 9.13 Å². The lowest BCUT2D eigenvalue weighted by atomic mass is 9.99. The van der Waals surface area contributed by atoms with Crippen LogP contribution in [-0.4, -0.2) is 82.6 Å². The van der Waals surface area contributed by atoms with Crippen molar-refractivity contribution in [3.63, 3.8) is 0 Å². The van der Waals surface area contributed by atoms with Crippen molar-refractivity contribution in [2.75, 3.05) is 26.4 Å². The summed E-state index contributed by atoms with van der Waals surface area (Å²) in [7, 11) is -9.70. The van der Waals surface area contributed by atoms with E-state index in [4.69, 9.17) is 33.0 Å². The molecule has 0 spiro atoms. The predicted molar refractivity (Wildman–Crippen MR) is 266 cm³/mol. The third-order valence-corrected chi connectivity index (χ3v) is 13.4. The Bertz CT molecular complexity index is 1400. The summed E-state index contributed by atoms with van der Waals surface area (Å²) in [5.74, 6) is -0.212. The highest BCUT2D eigenvalue weighted by atomic mass is 31.2. The summed E-state index contributed by atoms with van der Waals surface area (Å²) in [5, 5.41) is 9.78. The van der Waals surface area contributed by atoms with Crippen LogP contribution in [0.25, 0.3) is 0 Å². The molecule has 4 unspecified atom stereocenters. The first-order valence-corrected chi connectivity index (χ1v) is 29.2. The number of hydrogen-bond donors (Lipinski definition) is 4. The van der Waals surface area contributed by atoms with Gasteiger partial charge in [0.25, 0.3) is 0 Å². The maximum absolute atomic E-state index is 12.7. The maximum atomic E-state index is 12.7. The van der Waals surface area contributed by atoms with Crippen LogP contribution in [0.1, 0.15) is 220 Å². The molecule has 0 aliphatic carbocycles. The van der Waals surface area contributed by atoms with Gasteiger partial charge in [-0.1, -0.05) is 198 Å². The fourth-order valence-electron chi connectivity index (χ4n) is 7.53. The fraction of sp³-hybridized carbons (Fsp3) is 0.843. The molecule has 0 aromatic heterocycles. The van der Waals surface area contributed by atoms with E-state index in [0.717, 1.165) is 44.4 Å². The first-order valence-electron chi connectivity index (χ1n) is 26.2. The maximum Gasteiger partial charge on any atom is 0.472 e. The molecule has 392 valence electrons. The molecule has 14 nitrogen and oxygen atoms in total. The molecule has 1 heterocycles. The minimum Gasteiger partial charge on any atom is -0.462 e. The van der Waals surface area contributed by atoms with Gasteiger partial charge in [-0.05, 0) is 50.9 Å². The molecular weight excluding hydrogens is 898 g/mol. The Morgan fingerprint density at radius 3 is 1.66 bits per heavy atom. The predicted octanol–water partition coefficient (Wildman–Crippen LogP) is 13.3. The van der Waals surface area contributed by atoms with E-state index in [1.807, 2.05) is 12.2 Å². The van der Waals surface area contributed by atoms with Gasteiger partial charge < -0.3 is 34.0 Å². The van der Waals surface area contributed by atoms with Gasteiger partial charge in [0.05, 0.1) is 32.0 Å². The van der Waals surface area contributed by atoms with Crippen molar-refractivity contribution >= 4 is 27.6 Å². The molecular formula is C51H94O14P2. The Morgan fingerprint density at radius 1 is 0.582 bits per heavy atom. The zero-order valence-electron chi connectivity index (χ0n) is 41.9. The Morgan fingerprint density at radius 2 is 1.09 bits per heavy atom. The summed E-state index contributed by atoms with van der Waals surface area (Å²) in [5.41, 5.74) is 0. The number of unbranched alkanes of at least 4 members (excludes halogenated alkanes) is 20. The van der Waals surface area contributed by atoms with Crippen molar-refractivity contribution in [2.45, 2.75) is 244 Å². The molecule has 4 N–H and O–H groups in total. The molecule has 6 atom stereocenters. The van der Waals surface area contributed by atoms with E-state index in [1.165, 1.54) is 128 Å². The Balaban J connectivity index is 2.29. The lowest BCUT2D eigenvalue weighted by molar-refractivity contribution is -0.161. The largest absolute Gasteiger partial charge is 0.472 e. The van der Waals surface area contributed by atoms with Crippen LogP contribution in [0, 0.1) is 5.92 Å². The number of ether oxygens (including phenoxy) is 3. The summed E-state index contributed by atoms with van der Waals surface area (Å²) in [6.07, 6.45) is 44.5.